The van der Waals surface area contributed by atoms with Crippen molar-refractivity contribution < 1.29 is 0 Å². The molecule has 0 aliphatic carbocycles. The van der Waals surface area contributed by atoms with Crippen molar-refractivity contribution in [2.45, 2.75) is 48.5 Å². The van der Waals surface area contributed by atoms with Gasteiger partial charge >= 0.3 is 0 Å². The van der Waals surface area contributed by atoms with Crippen LogP contribution < -0.4 is 0 Å². The molecule has 18 heavy (non-hydrogen) atoms. The van der Waals surface area contributed by atoms with Crippen molar-refractivity contribution >= 4 is 5.57 Å². The Bertz CT molecular complexity index is 386. The molecule has 0 saturated heterocycles. The molecule has 0 aliphatic heterocycles. The van der Waals surface area contributed by atoms with Crippen LogP contribution in [0.25, 0.3) is 5.57 Å². The van der Waals surface area contributed by atoms with Crippen molar-refractivity contribution in [2.24, 2.45) is 5.41 Å². The minimum Gasteiger partial charge on any atom is -0.0683 e. The van der Waals surface area contributed by atoms with E-state index in [2.05, 4.69) is 71.0 Å². The van der Waals surface area contributed by atoms with Crippen LogP contribution in [0.2, 0.25) is 0 Å². The number of hydrogen-bond acceptors (Lipinski definition) is 0. The van der Waals surface area contributed by atoms with E-state index in [0.717, 1.165) is 0 Å². The van der Waals surface area contributed by atoms with Crippen molar-refractivity contribution in [1.82, 2.24) is 0 Å². The fraction of sp³-hybridized carbons (Fsp3) is 0.444. The van der Waals surface area contributed by atoms with E-state index in [1.54, 1.807) is 0 Å². The number of hydrogen-bond donors (Lipinski definition) is 0. The molecular weight excluding hydrogens is 216 g/mol. The van der Waals surface area contributed by atoms with Gasteiger partial charge in [0.05, 0.1) is 0 Å². The highest BCUT2D eigenvalue weighted by atomic mass is 14.2. The lowest BCUT2D eigenvalue weighted by molar-refractivity contribution is 0.504. The largest absolute Gasteiger partial charge is 0.0683 e. The van der Waals surface area contributed by atoms with Gasteiger partial charge in [-0.3, -0.25) is 0 Å². The maximum Gasteiger partial charge on any atom is -0.0173 e. The van der Waals surface area contributed by atoms with Crippen LogP contribution in [-0.2, 0) is 0 Å². The van der Waals surface area contributed by atoms with Gasteiger partial charge in [-0.15, -0.1) is 0 Å². The summed E-state index contributed by atoms with van der Waals surface area (Å²) in [6.07, 6.45) is 4.43. The quantitative estimate of drug-likeness (QED) is 0.551. The average Bonchev–Trinajstić information content (AvgIpc) is 2.37. The predicted molar refractivity (Wildman–Crippen MR) is 84.7 cm³/mol. The second-order valence-corrected chi connectivity index (χ2v) is 5.32. The summed E-state index contributed by atoms with van der Waals surface area (Å²) in [5, 5.41) is 0. The molecule has 1 aromatic rings. The van der Waals surface area contributed by atoms with Gasteiger partial charge in [0.15, 0.2) is 0 Å². The standard InChI is InChI=1S/C16H22.C2H6/c1-13(15-9-7-6-8-10-15)11-12-14(2)16(3,4)5;1-2/h6-12H,1-5H3;1-2H3/b13-11+,14-12+;. The van der Waals surface area contributed by atoms with Crippen LogP contribution in [0, 0.1) is 5.41 Å². The zero-order valence-electron chi connectivity index (χ0n) is 13.0. The summed E-state index contributed by atoms with van der Waals surface area (Å²) in [6, 6.07) is 10.5. The first-order chi connectivity index (χ1) is 8.41. The van der Waals surface area contributed by atoms with Crippen LogP contribution in [0.15, 0.2) is 48.1 Å². The molecule has 0 N–H and O–H groups in total. The highest BCUT2D eigenvalue weighted by Gasteiger charge is 2.11. The first-order valence-electron chi connectivity index (χ1n) is 6.82. The topological polar surface area (TPSA) is 0 Å². The van der Waals surface area contributed by atoms with E-state index in [1.807, 2.05) is 19.9 Å². The third kappa shape index (κ3) is 5.86. The zero-order chi connectivity index (χ0) is 14.2. The van der Waals surface area contributed by atoms with Gasteiger partial charge in [-0.05, 0) is 30.4 Å². The summed E-state index contributed by atoms with van der Waals surface area (Å²) >= 11 is 0. The fourth-order valence-electron chi connectivity index (χ4n) is 1.30. The molecule has 0 radical (unpaired) electrons. The number of rotatable bonds is 2. The molecular formula is C18H28. The van der Waals surface area contributed by atoms with Crippen molar-refractivity contribution in [3.63, 3.8) is 0 Å². The van der Waals surface area contributed by atoms with Gasteiger partial charge in [-0.2, -0.15) is 0 Å². The van der Waals surface area contributed by atoms with Crippen molar-refractivity contribution in [3.05, 3.63) is 53.6 Å². The second-order valence-electron chi connectivity index (χ2n) is 5.32. The van der Waals surface area contributed by atoms with E-state index >= 15 is 0 Å². The van der Waals surface area contributed by atoms with Crippen LogP contribution >= 0.6 is 0 Å². The van der Waals surface area contributed by atoms with Crippen molar-refractivity contribution in [2.75, 3.05) is 0 Å². The van der Waals surface area contributed by atoms with Crippen LogP contribution in [0.5, 0.6) is 0 Å². The molecule has 0 fully saturated rings. The summed E-state index contributed by atoms with van der Waals surface area (Å²) < 4.78 is 0. The summed E-state index contributed by atoms with van der Waals surface area (Å²) in [5.41, 5.74) is 4.26. The van der Waals surface area contributed by atoms with Crippen LogP contribution in [0.3, 0.4) is 0 Å². The van der Waals surface area contributed by atoms with Gasteiger partial charge in [0.2, 0.25) is 0 Å². The molecule has 0 aliphatic rings. The zero-order valence-corrected chi connectivity index (χ0v) is 13.0. The molecule has 0 nitrogen and oxygen atoms in total. The summed E-state index contributed by atoms with van der Waals surface area (Å²) in [5.74, 6) is 0. The molecule has 1 rings (SSSR count). The highest BCUT2D eigenvalue weighted by Crippen LogP contribution is 2.25. The van der Waals surface area contributed by atoms with Gasteiger partial charge in [0, 0.05) is 0 Å². The van der Waals surface area contributed by atoms with E-state index < -0.39 is 0 Å². The molecule has 0 saturated carbocycles. The third-order valence-electron chi connectivity index (χ3n) is 3.00. The van der Waals surface area contributed by atoms with E-state index in [9.17, 15) is 0 Å². The SMILES string of the molecule is C/C(=C\C=C(/C)C(C)(C)C)c1ccccc1.CC. The third-order valence-corrected chi connectivity index (χ3v) is 3.00. The average molecular weight is 244 g/mol. The van der Waals surface area contributed by atoms with E-state index in [1.165, 1.54) is 16.7 Å². The second kappa shape index (κ2) is 7.92. The lowest BCUT2D eigenvalue weighted by Crippen LogP contribution is -2.05. The molecule has 0 amide bonds. The van der Waals surface area contributed by atoms with Gasteiger partial charge in [-0.1, -0.05) is 82.7 Å². The Morgan fingerprint density at radius 2 is 1.39 bits per heavy atom. The summed E-state index contributed by atoms with van der Waals surface area (Å²) in [6.45, 7) is 15.1. The lowest BCUT2D eigenvalue weighted by atomic mass is 9.87. The Hall–Kier alpha value is -1.30. The Balaban J connectivity index is 0.00000137. The van der Waals surface area contributed by atoms with Crippen LogP contribution in [0.1, 0.15) is 54.0 Å². The number of allylic oxidation sites excluding steroid dienone is 4. The first kappa shape index (κ1) is 16.7. The van der Waals surface area contributed by atoms with Gasteiger partial charge in [0.1, 0.15) is 0 Å². The molecule has 0 heterocycles. The van der Waals surface area contributed by atoms with Gasteiger partial charge < -0.3 is 0 Å². The molecule has 1 aromatic carbocycles. The van der Waals surface area contributed by atoms with Gasteiger partial charge in [0.25, 0.3) is 0 Å². The minimum absolute atomic E-state index is 0.257. The smallest absolute Gasteiger partial charge is 0.0173 e. The number of benzene rings is 1. The molecule has 100 valence electrons. The Labute approximate surface area is 113 Å². The lowest BCUT2D eigenvalue weighted by Gasteiger charge is -2.18. The summed E-state index contributed by atoms with van der Waals surface area (Å²) in [7, 11) is 0. The Morgan fingerprint density at radius 1 is 0.889 bits per heavy atom. The maximum atomic E-state index is 2.24. The molecule has 0 aromatic heterocycles. The molecule has 0 atom stereocenters. The van der Waals surface area contributed by atoms with Crippen molar-refractivity contribution in [3.8, 4) is 0 Å². The monoisotopic (exact) mass is 244 g/mol. The maximum absolute atomic E-state index is 2.24. The van der Waals surface area contributed by atoms with Crippen molar-refractivity contribution in [1.29, 1.82) is 0 Å². The van der Waals surface area contributed by atoms with Gasteiger partial charge in [-0.25, -0.2) is 0 Å². The molecule has 0 unspecified atom stereocenters. The Morgan fingerprint density at radius 3 is 1.83 bits per heavy atom. The predicted octanol–water partition coefficient (Wildman–Crippen LogP) is 6.11. The minimum atomic E-state index is 0.257. The van der Waals surface area contributed by atoms with Crippen LogP contribution in [-0.4, -0.2) is 0 Å². The van der Waals surface area contributed by atoms with E-state index in [-0.39, 0.29) is 5.41 Å². The molecule has 0 heteroatoms. The highest BCUT2D eigenvalue weighted by molar-refractivity contribution is 5.65. The fourth-order valence-corrected chi connectivity index (χ4v) is 1.30. The van der Waals surface area contributed by atoms with Crippen LogP contribution in [0.4, 0.5) is 0 Å². The molecule has 0 spiro atoms. The summed E-state index contributed by atoms with van der Waals surface area (Å²) in [4.78, 5) is 0. The van der Waals surface area contributed by atoms with E-state index in [4.69, 9.17) is 0 Å². The first-order valence-corrected chi connectivity index (χ1v) is 6.82. The normalized spacial score (nSPS) is 12.8. The molecule has 0 bridgehead atoms. The Kier molecular flexibility index (Phi) is 7.35. The van der Waals surface area contributed by atoms with E-state index in [0.29, 0.717) is 0 Å².